The van der Waals surface area contributed by atoms with Gasteiger partial charge in [-0.3, -0.25) is 9.59 Å². The molecule has 0 bridgehead atoms. The summed E-state index contributed by atoms with van der Waals surface area (Å²) in [7, 11) is 0. The second kappa shape index (κ2) is 10.3. The van der Waals surface area contributed by atoms with E-state index in [2.05, 4.69) is 10.6 Å². The molecule has 0 unspecified atom stereocenters. The van der Waals surface area contributed by atoms with Crippen LogP contribution in [0.3, 0.4) is 0 Å². The molecule has 10 heteroatoms. The van der Waals surface area contributed by atoms with Crippen molar-refractivity contribution in [1.82, 2.24) is 0 Å². The van der Waals surface area contributed by atoms with Crippen LogP contribution in [0.4, 0.5) is 10.7 Å². The number of esters is 2. The van der Waals surface area contributed by atoms with Crippen molar-refractivity contribution < 1.29 is 33.1 Å². The van der Waals surface area contributed by atoms with Gasteiger partial charge < -0.3 is 24.5 Å². The molecule has 2 N–H and O–H groups in total. The molecule has 2 heterocycles. The van der Waals surface area contributed by atoms with E-state index in [4.69, 9.17) is 13.9 Å². The highest BCUT2D eigenvalue weighted by Gasteiger charge is 2.32. The van der Waals surface area contributed by atoms with Gasteiger partial charge in [0, 0.05) is 0 Å². The Morgan fingerprint density at radius 1 is 1.03 bits per heavy atom. The van der Waals surface area contributed by atoms with Crippen LogP contribution in [-0.4, -0.2) is 37.0 Å². The number of furan rings is 1. The topological polar surface area (TPSA) is 124 Å². The summed E-state index contributed by atoms with van der Waals surface area (Å²) in [6.45, 7) is 1.37. The summed E-state index contributed by atoms with van der Waals surface area (Å²) in [6, 6.07) is 9.32. The molecule has 2 aromatic heterocycles. The van der Waals surface area contributed by atoms with Crippen LogP contribution in [-0.2, 0) is 14.3 Å². The molecule has 9 nitrogen and oxygen atoms in total. The molecule has 0 aliphatic heterocycles. The van der Waals surface area contributed by atoms with Crippen molar-refractivity contribution in [3.8, 4) is 0 Å². The summed E-state index contributed by atoms with van der Waals surface area (Å²) in [5.41, 5.74) is 1.53. The molecule has 34 heavy (non-hydrogen) atoms. The maximum Gasteiger partial charge on any atom is 0.341 e. The first-order chi connectivity index (χ1) is 16.5. The standard InChI is InChI=1S/C24H22N2O7S/c1-2-31-24(30)20-16(14-9-10-14)13-34-22(20)26-19(27)12-33-23(29)15-6-3-4-7-17(15)25-21(28)18-8-5-11-32-18/h3-8,11,13-14H,2,9-10,12H2,1H3,(H,25,28)(H,26,27). The first-order valence-electron chi connectivity index (χ1n) is 10.7. The fourth-order valence-electron chi connectivity index (χ4n) is 3.31. The summed E-state index contributed by atoms with van der Waals surface area (Å²) in [5.74, 6) is -2.02. The predicted octanol–water partition coefficient (Wildman–Crippen LogP) is 4.44. The number of carbonyl (C=O) groups excluding carboxylic acids is 4. The van der Waals surface area contributed by atoms with Gasteiger partial charge in [0.15, 0.2) is 12.4 Å². The average molecular weight is 483 g/mol. The lowest BCUT2D eigenvalue weighted by Gasteiger charge is -2.11. The van der Waals surface area contributed by atoms with E-state index >= 15 is 0 Å². The number of anilines is 2. The second-order valence-corrected chi connectivity index (χ2v) is 8.37. The van der Waals surface area contributed by atoms with Gasteiger partial charge in [-0.1, -0.05) is 12.1 Å². The molecule has 4 rings (SSSR count). The fourth-order valence-corrected chi connectivity index (χ4v) is 4.35. The third-order valence-corrected chi connectivity index (χ3v) is 5.96. The number of hydrogen-bond acceptors (Lipinski definition) is 8. The Kier molecular flexibility index (Phi) is 7.07. The van der Waals surface area contributed by atoms with Crippen LogP contribution in [0.5, 0.6) is 0 Å². The van der Waals surface area contributed by atoms with E-state index < -0.39 is 30.4 Å². The number of carbonyl (C=O) groups is 4. The van der Waals surface area contributed by atoms with Gasteiger partial charge in [0.1, 0.15) is 5.00 Å². The smallest absolute Gasteiger partial charge is 0.341 e. The first-order valence-corrected chi connectivity index (χ1v) is 11.5. The largest absolute Gasteiger partial charge is 0.462 e. The molecule has 2 amide bonds. The number of thiophene rings is 1. The highest BCUT2D eigenvalue weighted by molar-refractivity contribution is 7.15. The Hall–Kier alpha value is -3.92. The zero-order valence-corrected chi connectivity index (χ0v) is 19.1. The van der Waals surface area contributed by atoms with Crippen LogP contribution in [0, 0.1) is 0 Å². The van der Waals surface area contributed by atoms with Crippen molar-refractivity contribution >= 4 is 45.8 Å². The lowest BCUT2D eigenvalue weighted by molar-refractivity contribution is -0.119. The van der Waals surface area contributed by atoms with E-state index in [1.165, 1.54) is 35.8 Å². The predicted molar refractivity (Wildman–Crippen MR) is 124 cm³/mol. The van der Waals surface area contributed by atoms with Gasteiger partial charge in [-0.25, -0.2) is 9.59 Å². The Bertz CT molecular complexity index is 1210. The van der Waals surface area contributed by atoms with Gasteiger partial charge in [0.2, 0.25) is 0 Å². The van der Waals surface area contributed by atoms with Crippen molar-refractivity contribution in [2.24, 2.45) is 0 Å². The van der Waals surface area contributed by atoms with Crippen LogP contribution in [0.15, 0.2) is 52.5 Å². The molecule has 176 valence electrons. The lowest BCUT2D eigenvalue weighted by Crippen LogP contribution is -2.22. The molecule has 1 saturated carbocycles. The first kappa shape index (κ1) is 23.2. The molecule has 0 spiro atoms. The molecule has 1 aliphatic carbocycles. The minimum absolute atomic E-state index is 0.0783. The van der Waals surface area contributed by atoms with Crippen molar-refractivity contribution in [3.05, 3.63) is 70.5 Å². The summed E-state index contributed by atoms with van der Waals surface area (Å²) in [5, 5.41) is 7.45. The van der Waals surface area contributed by atoms with Crippen LogP contribution in [0.25, 0.3) is 0 Å². The number of hydrogen-bond donors (Lipinski definition) is 2. The van der Waals surface area contributed by atoms with E-state index in [1.54, 1.807) is 25.1 Å². The number of amides is 2. The molecule has 1 aromatic carbocycles. The van der Waals surface area contributed by atoms with Gasteiger partial charge in [0.25, 0.3) is 11.8 Å². The van der Waals surface area contributed by atoms with Gasteiger partial charge in [-0.2, -0.15) is 0 Å². The van der Waals surface area contributed by atoms with E-state index in [0.29, 0.717) is 16.5 Å². The number of para-hydroxylation sites is 1. The van der Waals surface area contributed by atoms with E-state index in [-0.39, 0.29) is 23.6 Å². The lowest BCUT2D eigenvalue weighted by atomic mass is 10.1. The van der Waals surface area contributed by atoms with Crippen molar-refractivity contribution in [3.63, 3.8) is 0 Å². The fraction of sp³-hybridized carbons (Fsp3) is 0.250. The average Bonchev–Trinajstić information content (AvgIpc) is 3.35. The zero-order valence-electron chi connectivity index (χ0n) is 18.3. The Labute approximate surface area is 199 Å². The van der Waals surface area contributed by atoms with Crippen molar-refractivity contribution in [1.29, 1.82) is 0 Å². The van der Waals surface area contributed by atoms with Crippen LogP contribution >= 0.6 is 11.3 Å². The summed E-state index contributed by atoms with van der Waals surface area (Å²) >= 11 is 1.24. The zero-order chi connectivity index (χ0) is 24.1. The summed E-state index contributed by atoms with van der Waals surface area (Å²) in [6.07, 6.45) is 3.34. The monoisotopic (exact) mass is 482 g/mol. The molecule has 1 fully saturated rings. The number of ether oxygens (including phenoxy) is 2. The molecule has 1 aliphatic rings. The highest BCUT2D eigenvalue weighted by Crippen LogP contribution is 2.46. The summed E-state index contributed by atoms with van der Waals surface area (Å²) < 4.78 is 15.3. The normalized spacial score (nSPS) is 12.6. The third-order valence-electron chi connectivity index (χ3n) is 5.04. The maximum absolute atomic E-state index is 12.6. The third kappa shape index (κ3) is 5.34. The molecule has 3 aromatic rings. The summed E-state index contributed by atoms with van der Waals surface area (Å²) in [4.78, 5) is 49.8. The van der Waals surface area contributed by atoms with Gasteiger partial charge in [-0.15, -0.1) is 11.3 Å². The van der Waals surface area contributed by atoms with E-state index in [1.807, 2.05) is 5.38 Å². The highest BCUT2D eigenvalue weighted by atomic mass is 32.1. The number of benzene rings is 1. The number of nitrogens with one attached hydrogen (secondary N) is 2. The minimum Gasteiger partial charge on any atom is -0.462 e. The molecule has 0 radical (unpaired) electrons. The van der Waals surface area contributed by atoms with Crippen LogP contribution < -0.4 is 10.6 Å². The van der Waals surface area contributed by atoms with Crippen LogP contribution in [0.2, 0.25) is 0 Å². The maximum atomic E-state index is 12.6. The quantitative estimate of drug-likeness (QED) is 0.432. The van der Waals surface area contributed by atoms with Gasteiger partial charge >= 0.3 is 11.9 Å². The Morgan fingerprint density at radius 3 is 2.53 bits per heavy atom. The van der Waals surface area contributed by atoms with Gasteiger partial charge in [0.05, 0.1) is 29.7 Å². The number of rotatable bonds is 9. The molecular formula is C24H22N2O7S. The SMILES string of the molecule is CCOC(=O)c1c(C2CC2)csc1NC(=O)COC(=O)c1ccccc1NC(=O)c1ccco1. The van der Waals surface area contributed by atoms with Crippen molar-refractivity contribution in [2.45, 2.75) is 25.7 Å². The van der Waals surface area contributed by atoms with E-state index in [9.17, 15) is 19.2 Å². The molecule has 0 saturated heterocycles. The Morgan fingerprint density at radius 2 is 1.82 bits per heavy atom. The minimum atomic E-state index is -0.791. The molecular weight excluding hydrogens is 460 g/mol. The molecule has 0 atom stereocenters. The van der Waals surface area contributed by atoms with E-state index in [0.717, 1.165) is 18.4 Å². The van der Waals surface area contributed by atoms with Crippen LogP contribution in [0.1, 0.15) is 62.5 Å². The van der Waals surface area contributed by atoms with Gasteiger partial charge in [-0.05, 0) is 60.9 Å². The Balaban J connectivity index is 1.39. The second-order valence-electron chi connectivity index (χ2n) is 7.49. The van der Waals surface area contributed by atoms with Crippen molar-refractivity contribution in [2.75, 3.05) is 23.8 Å².